The van der Waals surface area contributed by atoms with Crippen molar-refractivity contribution >= 4 is 17.5 Å². The minimum Gasteiger partial charge on any atom is -0.353 e. The summed E-state index contributed by atoms with van der Waals surface area (Å²) in [7, 11) is 0. The summed E-state index contributed by atoms with van der Waals surface area (Å²) in [6, 6.07) is 4.23. The van der Waals surface area contributed by atoms with Crippen LogP contribution in [-0.4, -0.2) is 17.9 Å². The zero-order valence-corrected chi connectivity index (χ0v) is 14.0. The summed E-state index contributed by atoms with van der Waals surface area (Å²) in [5.41, 5.74) is 1.08. The number of amides is 2. The summed E-state index contributed by atoms with van der Waals surface area (Å²) < 4.78 is 13.3. The lowest BCUT2D eigenvalue weighted by atomic mass is 9.89. The minimum absolute atomic E-state index is 0.0649. The van der Waals surface area contributed by atoms with Gasteiger partial charge in [-0.2, -0.15) is 0 Å². The average Bonchev–Trinajstić information content (AvgIpc) is 2.45. The van der Waals surface area contributed by atoms with Crippen molar-refractivity contribution in [3.63, 3.8) is 0 Å². The molecule has 4 nitrogen and oxygen atoms in total. The molecule has 126 valence electrons. The topological polar surface area (TPSA) is 58.2 Å². The van der Waals surface area contributed by atoms with Gasteiger partial charge in [-0.15, -0.1) is 0 Å². The number of hydrogen-bond acceptors (Lipinski definition) is 2. The standard InChI is InChI=1S/C18H25FN2O2/c1-11(2)5-4-6-12(3)20-18(23)15-10-17(22)21-16-9-13(19)7-8-14(15)16/h7-9,11-12,15H,4-6,10H2,1-3H3,(H,20,23)(H,21,22)/t12-,15+/m0/s1. The summed E-state index contributed by atoms with van der Waals surface area (Å²) in [5.74, 6) is -0.735. The summed E-state index contributed by atoms with van der Waals surface area (Å²) in [6.07, 6.45) is 3.21. The Labute approximate surface area is 136 Å². The number of hydrogen-bond donors (Lipinski definition) is 2. The molecule has 5 heteroatoms. The molecular formula is C18H25FN2O2. The lowest BCUT2D eigenvalue weighted by Crippen LogP contribution is -2.39. The Morgan fingerprint density at radius 2 is 2.09 bits per heavy atom. The van der Waals surface area contributed by atoms with Crippen molar-refractivity contribution in [2.45, 2.75) is 58.4 Å². The fraction of sp³-hybridized carbons (Fsp3) is 0.556. The normalized spacial score (nSPS) is 18.3. The van der Waals surface area contributed by atoms with E-state index in [-0.39, 0.29) is 24.3 Å². The Bertz CT molecular complexity index is 586. The predicted octanol–water partition coefficient (Wildman–Crippen LogP) is 3.58. The van der Waals surface area contributed by atoms with E-state index >= 15 is 0 Å². The van der Waals surface area contributed by atoms with E-state index in [1.165, 1.54) is 12.1 Å². The molecular weight excluding hydrogens is 295 g/mol. The van der Waals surface area contributed by atoms with E-state index in [1.807, 2.05) is 6.92 Å². The van der Waals surface area contributed by atoms with Crippen molar-refractivity contribution in [1.29, 1.82) is 0 Å². The van der Waals surface area contributed by atoms with Crippen LogP contribution in [0.4, 0.5) is 10.1 Å². The van der Waals surface area contributed by atoms with Crippen molar-refractivity contribution < 1.29 is 14.0 Å². The second kappa shape index (κ2) is 7.57. The highest BCUT2D eigenvalue weighted by Gasteiger charge is 2.31. The SMILES string of the molecule is CC(C)CCC[C@H](C)NC(=O)[C@@H]1CC(=O)Nc2cc(F)ccc21. The summed E-state index contributed by atoms with van der Waals surface area (Å²) >= 11 is 0. The van der Waals surface area contributed by atoms with Gasteiger partial charge in [0.1, 0.15) is 5.82 Å². The third kappa shape index (κ3) is 4.78. The van der Waals surface area contributed by atoms with Gasteiger partial charge in [0.25, 0.3) is 0 Å². The molecule has 0 spiro atoms. The molecule has 23 heavy (non-hydrogen) atoms. The highest BCUT2D eigenvalue weighted by atomic mass is 19.1. The number of anilines is 1. The van der Waals surface area contributed by atoms with Crippen LogP contribution in [0.3, 0.4) is 0 Å². The van der Waals surface area contributed by atoms with Gasteiger partial charge in [-0.25, -0.2) is 4.39 Å². The molecule has 2 rings (SSSR count). The quantitative estimate of drug-likeness (QED) is 0.841. The van der Waals surface area contributed by atoms with E-state index in [9.17, 15) is 14.0 Å². The number of carbonyl (C=O) groups excluding carboxylic acids is 2. The molecule has 0 saturated carbocycles. The highest BCUT2D eigenvalue weighted by molar-refractivity contribution is 6.01. The van der Waals surface area contributed by atoms with Gasteiger partial charge in [0.05, 0.1) is 5.92 Å². The molecule has 1 aliphatic heterocycles. The number of fused-ring (bicyclic) bond motifs is 1. The van der Waals surface area contributed by atoms with Crippen LogP contribution in [0.2, 0.25) is 0 Å². The van der Waals surface area contributed by atoms with E-state index in [2.05, 4.69) is 24.5 Å². The maximum atomic E-state index is 13.3. The van der Waals surface area contributed by atoms with Gasteiger partial charge in [0.15, 0.2) is 0 Å². The lowest BCUT2D eigenvalue weighted by molar-refractivity contribution is -0.126. The number of halogens is 1. The molecule has 0 radical (unpaired) electrons. The fourth-order valence-corrected chi connectivity index (χ4v) is 2.92. The first-order valence-corrected chi connectivity index (χ1v) is 8.26. The smallest absolute Gasteiger partial charge is 0.228 e. The largest absolute Gasteiger partial charge is 0.353 e. The van der Waals surface area contributed by atoms with Crippen molar-refractivity contribution in [3.8, 4) is 0 Å². The van der Waals surface area contributed by atoms with E-state index in [4.69, 9.17) is 0 Å². The third-order valence-corrected chi connectivity index (χ3v) is 4.18. The molecule has 2 N–H and O–H groups in total. The molecule has 1 aliphatic rings. The average molecular weight is 320 g/mol. The Morgan fingerprint density at radius 1 is 1.35 bits per heavy atom. The van der Waals surface area contributed by atoms with Crippen molar-refractivity contribution in [2.75, 3.05) is 5.32 Å². The maximum Gasteiger partial charge on any atom is 0.228 e. The van der Waals surface area contributed by atoms with E-state index in [0.717, 1.165) is 19.3 Å². The van der Waals surface area contributed by atoms with Gasteiger partial charge in [-0.3, -0.25) is 9.59 Å². The Hall–Kier alpha value is -1.91. The molecule has 1 aromatic rings. The number of rotatable bonds is 6. The zero-order valence-electron chi connectivity index (χ0n) is 14.0. The molecule has 0 fully saturated rings. The molecule has 0 aliphatic carbocycles. The number of benzene rings is 1. The molecule has 2 atom stereocenters. The molecule has 1 heterocycles. The molecule has 0 aromatic heterocycles. The van der Waals surface area contributed by atoms with Crippen molar-refractivity contribution in [2.24, 2.45) is 5.92 Å². The van der Waals surface area contributed by atoms with Crippen LogP contribution in [0.25, 0.3) is 0 Å². The minimum atomic E-state index is -0.549. The highest BCUT2D eigenvalue weighted by Crippen LogP contribution is 2.33. The first-order chi connectivity index (χ1) is 10.9. The second-order valence-electron chi connectivity index (χ2n) is 6.77. The first kappa shape index (κ1) is 17.4. The van der Waals surface area contributed by atoms with Gasteiger partial charge in [-0.05, 0) is 37.0 Å². The Kier molecular flexibility index (Phi) is 5.74. The fourth-order valence-electron chi connectivity index (χ4n) is 2.92. The molecule has 1 aromatic carbocycles. The van der Waals surface area contributed by atoms with Gasteiger partial charge in [0.2, 0.25) is 11.8 Å². The molecule has 0 unspecified atom stereocenters. The predicted molar refractivity (Wildman–Crippen MR) is 88.7 cm³/mol. The van der Waals surface area contributed by atoms with Crippen LogP contribution < -0.4 is 10.6 Å². The maximum absolute atomic E-state index is 13.3. The van der Waals surface area contributed by atoms with E-state index in [1.54, 1.807) is 6.07 Å². The number of nitrogens with one attached hydrogen (secondary N) is 2. The van der Waals surface area contributed by atoms with Crippen LogP contribution in [0.1, 0.15) is 57.9 Å². The Morgan fingerprint density at radius 3 is 2.78 bits per heavy atom. The van der Waals surface area contributed by atoms with Crippen molar-refractivity contribution in [1.82, 2.24) is 5.32 Å². The van der Waals surface area contributed by atoms with Crippen LogP contribution in [0, 0.1) is 11.7 Å². The van der Waals surface area contributed by atoms with Crippen LogP contribution >= 0.6 is 0 Å². The summed E-state index contributed by atoms with van der Waals surface area (Å²) in [4.78, 5) is 24.3. The van der Waals surface area contributed by atoms with Crippen LogP contribution in [0.15, 0.2) is 18.2 Å². The number of carbonyl (C=O) groups is 2. The van der Waals surface area contributed by atoms with Gasteiger partial charge in [-0.1, -0.05) is 32.8 Å². The van der Waals surface area contributed by atoms with E-state index < -0.39 is 11.7 Å². The zero-order chi connectivity index (χ0) is 17.0. The van der Waals surface area contributed by atoms with E-state index in [0.29, 0.717) is 17.2 Å². The van der Waals surface area contributed by atoms with Crippen LogP contribution in [-0.2, 0) is 9.59 Å². The first-order valence-electron chi connectivity index (χ1n) is 8.26. The lowest BCUT2D eigenvalue weighted by Gasteiger charge is -2.26. The van der Waals surface area contributed by atoms with Gasteiger partial charge < -0.3 is 10.6 Å². The monoisotopic (exact) mass is 320 g/mol. The summed E-state index contributed by atoms with van der Waals surface area (Å²) in [5, 5.41) is 5.61. The summed E-state index contributed by atoms with van der Waals surface area (Å²) in [6.45, 7) is 6.34. The Balaban J connectivity index is 2.01. The molecule has 0 saturated heterocycles. The molecule has 0 bridgehead atoms. The molecule has 2 amide bonds. The van der Waals surface area contributed by atoms with Crippen LogP contribution in [0.5, 0.6) is 0 Å². The van der Waals surface area contributed by atoms with Gasteiger partial charge >= 0.3 is 0 Å². The van der Waals surface area contributed by atoms with Crippen molar-refractivity contribution in [3.05, 3.63) is 29.6 Å². The third-order valence-electron chi connectivity index (χ3n) is 4.18. The second-order valence-corrected chi connectivity index (χ2v) is 6.77. The van der Waals surface area contributed by atoms with Gasteiger partial charge in [0, 0.05) is 18.2 Å².